The topological polar surface area (TPSA) is 47.6 Å². The zero-order valence-corrected chi connectivity index (χ0v) is 18.6. The lowest BCUT2D eigenvalue weighted by atomic mass is 10.1. The number of hydrogen-bond acceptors (Lipinski definition) is 3. The molecule has 0 aliphatic carbocycles. The second-order valence-electron chi connectivity index (χ2n) is 6.98. The Hall–Kier alpha value is -2.79. The minimum Gasteiger partial charge on any atom is -0.496 e. The highest BCUT2D eigenvalue weighted by Crippen LogP contribution is 2.27. The van der Waals surface area contributed by atoms with Gasteiger partial charge in [-0.05, 0) is 79.9 Å². The van der Waals surface area contributed by atoms with E-state index in [9.17, 15) is 4.79 Å². The number of anilines is 1. The van der Waals surface area contributed by atoms with Crippen LogP contribution in [0.3, 0.4) is 0 Å². The largest absolute Gasteiger partial charge is 0.496 e. The lowest BCUT2D eigenvalue weighted by Gasteiger charge is -2.15. The van der Waals surface area contributed by atoms with Crippen LogP contribution in [0.25, 0.3) is 0 Å². The van der Waals surface area contributed by atoms with E-state index in [4.69, 9.17) is 9.47 Å². The Balaban J connectivity index is 1.81. The van der Waals surface area contributed by atoms with Crippen LogP contribution in [0.2, 0.25) is 0 Å². The molecular weight excluding hydrogens is 430 g/mol. The second kappa shape index (κ2) is 9.14. The fraction of sp³-hybridized carbons (Fsp3) is 0.208. The Morgan fingerprint density at radius 3 is 2.52 bits per heavy atom. The zero-order chi connectivity index (χ0) is 21.0. The number of methoxy groups -OCH3 is 1. The number of rotatable bonds is 6. The maximum atomic E-state index is 12.7. The molecule has 5 heteroatoms. The molecule has 150 valence electrons. The van der Waals surface area contributed by atoms with Gasteiger partial charge in [0.25, 0.3) is 5.91 Å². The molecule has 0 aliphatic heterocycles. The van der Waals surface area contributed by atoms with E-state index in [0.717, 1.165) is 32.6 Å². The molecule has 0 unspecified atom stereocenters. The molecule has 3 aromatic rings. The van der Waals surface area contributed by atoms with Crippen LogP contribution in [0.5, 0.6) is 11.5 Å². The highest BCUT2D eigenvalue weighted by molar-refractivity contribution is 9.10. The summed E-state index contributed by atoms with van der Waals surface area (Å²) in [6.07, 6.45) is 0. The molecule has 0 saturated carbocycles. The third kappa shape index (κ3) is 5.18. The van der Waals surface area contributed by atoms with Crippen LogP contribution in [-0.4, -0.2) is 13.0 Å². The van der Waals surface area contributed by atoms with Crippen LogP contribution in [0, 0.1) is 20.8 Å². The molecule has 0 heterocycles. The first-order valence-corrected chi connectivity index (χ1v) is 10.1. The molecule has 1 amide bonds. The zero-order valence-electron chi connectivity index (χ0n) is 17.0. The molecular formula is C24H24BrNO3. The minimum absolute atomic E-state index is 0.186. The van der Waals surface area contributed by atoms with E-state index in [-0.39, 0.29) is 5.91 Å². The summed E-state index contributed by atoms with van der Waals surface area (Å²) in [5.41, 5.74) is 5.53. The van der Waals surface area contributed by atoms with Crippen LogP contribution in [-0.2, 0) is 6.61 Å². The molecule has 4 nitrogen and oxygen atoms in total. The summed E-state index contributed by atoms with van der Waals surface area (Å²) in [6.45, 7) is 6.48. The molecule has 29 heavy (non-hydrogen) atoms. The number of nitrogens with one attached hydrogen (secondary N) is 1. The Labute approximate surface area is 180 Å². The van der Waals surface area contributed by atoms with Crippen molar-refractivity contribution in [2.24, 2.45) is 0 Å². The highest BCUT2D eigenvalue weighted by atomic mass is 79.9. The predicted molar refractivity (Wildman–Crippen MR) is 120 cm³/mol. The average Bonchev–Trinajstić information content (AvgIpc) is 2.69. The number of hydrogen-bond donors (Lipinski definition) is 1. The first-order chi connectivity index (χ1) is 13.9. The van der Waals surface area contributed by atoms with E-state index >= 15 is 0 Å². The Morgan fingerprint density at radius 2 is 1.79 bits per heavy atom. The van der Waals surface area contributed by atoms with Crippen molar-refractivity contribution in [3.63, 3.8) is 0 Å². The molecule has 0 fully saturated rings. The first kappa shape index (κ1) is 20.9. The van der Waals surface area contributed by atoms with Crippen LogP contribution < -0.4 is 14.8 Å². The fourth-order valence-electron chi connectivity index (χ4n) is 3.11. The average molecular weight is 454 g/mol. The van der Waals surface area contributed by atoms with E-state index in [2.05, 4.69) is 34.2 Å². The standard InChI is InChI=1S/C24H24BrNO3/c1-15-10-16(2)17(3)23(11-15)29-14-19-12-18(8-9-22(19)28-4)24(27)26-21-7-5-6-20(25)13-21/h5-13H,14H2,1-4H3,(H,26,27). The van der Waals surface area contributed by atoms with Crippen LogP contribution >= 0.6 is 15.9 Å². The summed E-state index contributed by atoms with van der Waals surface area (Å²) < 4.78 is 12.4. The van der Waals surface area contributed by atoms with Gasteiger partial charge in [0, 0.05) is 21.3 Å². The Bertz CT molecular complexity index is 1050. The monoisotopic (exact) mass is 453 g/mol. The van der Waals surface area contributed by atoms with Gasteiger partial charge in [0.05, 0.1) is 7.11 Å². The Morgan fingerprint density at radius 1 is 1.00 bits per heavy atom. The summed E-state index contributed by atoms with van der Waals surface area (Å²) in [5, 5.41) is 2.91. The van der Waals surface area contributed by atoms with Gasteiger partial charge in [0.15, 0.2) is 0 Å². The molecule has 0 aromatic heterocycles. The third-order valence-electron chi connectivity index (χ3n) is 4.77. The van der Waals surface area contributed by atoms with Crippen molar-refractivity contribution in [1.82, 2.24) is 0 Å². The Kier molecular flexibility index (Phi) is 6.60. The molecule has 0 aliphatic rings. The summed E-state index contributed by atoms with van der Waals surface area (Å²) in [4.78, 5) is 12.7. The fourth-order valence-corrected chi connectivity index (χ4v) is 3.51. The maximum absolute atomic E-state index is 12.7. The van der Waals surface area contributed by atoms with Gasteiger partial charge in [-0.3, -0.25) is 4.79 Å². The van der Waals surface area contributed by atoms with Crippen LogP contribution in [0.4, 0.5) is 5.69 Å². The first-order valence-electron chi connectivity index (χ1n) is 9.32. The number of benzene rings is 3. The van der Waals surface area contributed by atoms with Gasteiger partial charge in [-0.2, -0.15) is 0 Å². The van der Waals surface area contributed by atoms with Crippen molar-refractivity contribution in [3.8, 4) is 11.5 Å². The number of ether oxygens (including phenoxy) is 2. The number of carbonyl (C=O) groups excluding carboxylic acids is 1. The molecule has 0 atom stereocenters. The quantitative estimate of drug-likeness (QED) is 0.482. The van der Waals surface area contributed by atoms with Crippen molar-refractivity contribution in [2.75, 3.05) is 12.4 Å². The number of halogens is 1. The van der Waals surface area contributed by atoms with E-state index in [1.165, 1.54) is 5.56 Å². The van der Waals surface area contributed by atoms with E-state index in [0.29, 0.717) is 17.9 Å². The smallest absolute Gasteiger partial charge is 0.255 e. The van der Waals surface area contributed by atoms with E-state index in [1.54, 1.807) is 19.2 Å². The number of carbonyl (C=O) groups is 1. The normalized spacial score (nSPS) is 10.5. The van der Waals surface area contributed by atoms with Crippen LogP contribution in [0.15, 0.2) is 59.1 Å². The van der Waals surface area contributed by atoms with Crippen molar-refractivity contribution in [2.45, 2.75) is 27.4 Å². The van der Waals surface area contributed by atoms with Gasteiger partial charge in [0.2, 0.25) is 0 Å². The van der Waals surface area contributed by atoms with Gasteiger partial charge in [0.1, 0.15) is 18.1 Å². The van der Waals surface area contributed by atoms with Crippen molar-refractivity contribution < 1.29 is 14.3 Å². The number of aryl methyl sites for hydroxylation is 2. The molecule has 0 spiro atoms. The molecule has 0 saturated heterocycles. The van der Waals surface area contributed by atoms with Gasteiger partial charge in [-0.1, -0.05) is 28.1 Å². The molecule has 0 radical (unpaired) electrons. The van der Waals surface area contributed by atoms with Crippen molar-refractivity contribution in [1.29, 1.82) is 0 Å². The predicted octanol–water partition coefficient (Wildman–Crippen LogP) is 6.21. The molecule has 0 bridgehead atoms. The molecule has 3 aromatic carbocycles. The van der Waals surface area contributed by atoms with E-state index in [1.807, 2.05) is 50.2 Å². The van der Waals surface area contributed by atoms with Gasteiger partial charge < -0.3 is 14.8 Å². The minimum atomic E-state index is -0.186. The second-order valence-corrected chi connectivity index (χ2v) is 7.90. The van der Waals surface area contributed by atoms with Crippen molar-refractivity contribution in [3.05, 3.63) is 86.9 Å². The summed E-state index contributed by atoms with van der Waals surface area (Å²) in [6, 6.07) is 17.0. The number of amides is 1. The third-order valence-corrected chi connectivity index (χ3v) is 5.27. The summed E-state index contributed by atoms with van der Waals surface area (Å²) in [5.74, 6) is 1.34. The summed E-state index contributed by atoms with van der Waals surface area (Å²) >= 11 is 3.41. The van der Waals surface area contributed by atoms with Gasteiger partial charge in [-0.15, -0.1) is 0 Å². The lowest BCUT2D eigenvalue weighted by molar-refractivity contribution is 0.102. The maximum Gasteiger partial charge on any atom is 0.255 e. The molecule has 3 rings (SSSR count). The van der Waals surface area contributed by atoms with E-state index < -0.39 is 0 Å². The van der Waals surface area contributed by atoms with Crippen molar-refractivity contribution >= 4 is 27.5 Å². The highest BCUT2D eigenvalue weighted by Gasteiger charge is 2.13. The van der Waals surface area contributed by atoms with Gasteiger partial charge in [-0.25, -0.2) is 0 Å². The van der Waals surface area contributed by atoms with Crippen LogP contribution in [0.1, 0.15) is 32.6 Å². The van der Waals surface area contributed by atoms with Gasteiger partial charge >= 0.3 is 0 Å². The lowest BCUT2D eigenvalue weighted by Crippen LogP contribution is -2.13. The SMILES string of the molecule is COc1ccc(C(=O)Nc2cccc(Br)c2)cc1COc1cc(C)cc(C)c1C. The molecule has 1 N–H and O–H groups in total. The summed E-state index contributed by atoms with van der Waals surface area (Å²) in [7, 11) is 1.61.